The molecular weight excluding hydrogens is 280 g/mol. The second-order valence-corrected chi connectivity index (χ2v) is 8.24. The summed E-state index contributed by atoms with van der Waals surface area (Å²) in [6.07, 6.45) is 5.45. The quantitative estimate of drug-likeness (QED) is 0.729. The summed E-state index contributed by atoms with van der Waals surface area (Å²) in [5, 5.41) is 15.6. The van der Waals surface area contributed by atoms with Gasteiger partial charge < -0.3 is 20.5 Å². The van der Waals surface area contributed by atoms with Gasteiger partial charge in [0, 0.05) is 25.2 Å². The zero-order valence-corrected chi connectivity index (χ0v) is 14.4. The standard InChI is InChI=1S/C17H32N2O3/c1-12(11-20)10-18-13-5-7-17(8-6-13)9-14(17)19-15(21)22-16(2,3)4/h12-14,18,20H,5-11H2,1-4H3,(H,19,21). The van der Waals surface area contributed by atoms with E-state index < -0.39 is 5.60 Å². The van der Waals surface area contributed by atoms with Crippen molar-refractivity contribution < 1.29 is 14.6 Å². The average Bonchev–Trinajstić information content (AvgIpc) is 3.07. The minimum Gasteiger partial charge on any atom is -0.444 e. The Hall–Kier alpha value is -0.810. The molecule has 0 heterocycles. The number of carbonyl (C=O) groups is 1. The molecule has 0 aromatic rings. The van der Waals surface area contributed by atoms with E-state index >= 15 is 0 Å². The molecule has 2 unspecified atom stereocenters. The molecule has 2 aliphatic carbocycles. The molecule has 0 radical (unpaired) electrons. The summed E-state index contributed by atoms with van der Waals surface area (Å²) < 4.78 is 5.33. The lowest BCUT2D eigenvalue weighted by atomic mass is 9.82. The number of alkyl carbamates (subject to hydrolysis) is 1. The fourth-order valence-electron chi connectivity index (χ4n) is 3.38. The molecule has 1 spiro atoms. The Balaban J connectivity index is 1.68. The van der Waals surface area contributed by atoms with Gasteiger partial charge >= 0.3 is 6.09 Å². The largest absolute Gasteiger partial charge is 0.444 e. The minimum absolute atomic E-state index is 0.242. The monoisotopic (exact) mass is 312 g/mol. The number of ether oxygens (including phenoxy) is 1. The molecule has 2 rings (SSSR count). The highest BCUT2D eigenvalue weighted by molar-refractivity contribution is 5.68. The number of carbonyl (C=O) groups excluding carboxylic acids is 1. The Morgan fingerprint density at radius 1 is 1.36 bits per heavy atom. The lowest BCUT2D eigenvalue weighted by Crippen LogP contribution is -2.40. The lowest BCUT2D eigenvalue weighted by molar-refractivity contribution is 0.0511. The third-order valence-electron chi connectivity index (χ3n) is 4.93. The molecule has 128 valence electrons. The predicted molar refractivity (Wildman–Crippen MR) is 86.7 cm³/mol. The van der Waals surface area contributed by atoms with Gasteiger partial charge in [0.1, 0.15) is 5.60 Å². The van der Waals surface area contributed by atoms with E-state index in [0.29, 0.717) is 23.4 Å². The predicted octanol–water partition coefficient (Wildman–Crippen LogP) is 2.43. The highest BCUT2D eigenvalue weighted by Gasteiger charge is 2.55. The van der Waals surface area contributed by atoms with Crippen LogP contribution >= 0.6 is 0 Å². The summed E-state index contributed by atoms with van der Waals surface area (Å²) >= 11 is 0. The normalized spacial score (nSPS) is 32.6. The molecule has 0 saturated heterocycles. The fourth-order valence-corrected chi connectivity index (χ4v) is 3.38. The van der Waals surface area contributed by atoms with Crippen LogP contribution in [0.2, 0.25) is 0 Å². The molecule has 2 saturated carbocycles. The second-order valence-electron chi connectivity index (χ2n) is 8.24. The zero-order chi connectivity index (χ0) is 16.4. The number of aliphatic hydroxyl groups is 1. The van der Waals surface area contributed by atoms with E-state index in [9.17, 15) is 4.79 Å². The Morgan fingerprint density at radius 3 is 2.55 bits per heavy atom. The van der Waals surface area contributed by atoms with Crippen LogP contribution in [0.5, 0.6) is 0 Å². The first kappa shape index (κ1) is 17.5. The molecule has 2 atom stereocenters. The molecule has 0 bridgehead atoms. The number of hydrogen-bond acceptors (Lipinski definition) is 4. The Morgan fingerprint density at radius 2 is 2.00 bits per heavy atom. The maximum absolute atomic E-state index is 11.8. The van der Waals surface area contributed by atoms with E-state index in [2.05, 4.69) is 17.6 Å². The summed E-state index contributed by atoms with van der Waals surface area (Å²) in [4.78, 5) is 11.8. The highest BCUT2D eigenvalue weighted by Crippen LogP contribution is 2.56. The third kappa shape index (κ3) is 4.85. The zero-order valence-electron chi connectivity index (χ0n) is 14.4. The lowest BCUT2D eigenvalue weighted by Gasteiger charge is -2.31. The van der Waals surface area contributed by atoms with Gasteiger partial charge in [0.15, 0.2) is 0 Å². The van der Waals surface area contributed by atoms with Crippen LogP contribution in [-0.2, 0) is 4.74 Å². The van der Waals surface area contributed by atoms with Crippen LogP contribution < -0.4 is 10.6 Å². The van der Waals surface area contributed by atoms with Crippen molar-refractivity contribution in [1.82, 2.24) is 10.6 Å². The summed E-state index contributed by atoms with van der Waals surface area (Å²) in [5.74, 6) is 0.318. The van der Waals surface area contributed by atoms with Gasteiger partial charge in [-0.1, -0.05) is 6.92 Å². The molecule has 0 aliphatic heterocycles. The average molecular weight is 312 g/mol. The van der Waals surface area contributed by atoms with Gasteiger partial charge in [-0.15, -0.1) is 0 Å². The fraction of sp³-hybridized carbons (Fsp3) is 0.941. The summed E-state index contributed by atoms with van der Waals surface area (Å²) in [6, 6.07) is 0.849. The van der Waals surface area contributed by atoms with Crippen LogP contribution in [0, 0.1) is 11.3 Å². The molecule has 22 heavy (non-hydrogen) atoms. The van der Waals surface area contributed by atoms with Crippen molar-refractivity contribution in [3.63, 3.8) is 0 Å². The summed E-state index contributed by atoms with van der Waals surface area (Å²) in [6.45, 7) is 8.84. The molecule has 3 N–H and O–H groups in total. The third-order valence-corrected chi connectivity index (χ3v) is 4.93. The van der Waals surface area contributed by atoms with Crippen LogP contribution in [0.3, 0.4) is 0 Å². The molecule has 5 nitrogen and oxygen atoms in total. The Labute approximate surface area is 134 Å². The van der Waals surface area contributed by atoms with Gasteiger partial charge in [-0.25, -0.2) is 4.79 Å². The van der Waals surface area contributed by atoms with Gasteiger partial charge in [-0.3, -0.25) is 0 Å². The van der Waals surface area contributed by atoms with E-state index in [0.717, 1.165) is 25.8 Å². The van der Waals surface area contributed by atoms with E-state index in [-0.39, 0.29) is 12.7 Å². The van der Waals surface area contributed by atoms with Crippen molar-refractivity contribution in [2.45, 2.75) is 77.5 Å². The first-order valence-electron chi connectivity index (χ1n) is 8.58. The Bertz CT molecular complexity index is 384. The summed E-state index contributed by atoms with van der Waals surface area (Å²) in [7, 11) is 0. The molecule has 1 amide bonds. The molecular formula is C17H32N2O3. The van der Waals surface area contributed by atoms with Gasteiger partial charge in [0.25, 0.3) is 0 Å². The number of aliphatic hydroxyl groups excluding tert-OH is 1. The SMILES string of the molecule is CC(CO)CNC1CCC2(CC1)CC2NC(=O)OC(C)(C)C. The van der Waals surface area contributed by atoms with Gasteiger partial charge in [-0.2, -0.15) is 0 Å². The van der Waals surface area contributed by atoms with Crippen molar-refractivity contribution in [1.29, 1.82) is 0 Å². The van der Waals surface area contributed by atoms with E-state index in [1.54, 1.807) is 0 Å². The summed E-state index contributed by atoms with van der Waals surface area (Å²) in [5.41, 5.74) is -0.116. The van der Waals surface area contributed by atoms with Crippen molar-refractivity contribution >= 4 is 6.09 Å². The molecule has 2 aliphatic rings. The van der Waals surface area contributed by atoms with Crippen molar-refractivity contribution in [3.8, 4) is 0 Å². The second kappa shape index (κ2) is 6.75. The first-order valence-corrected chi connectivity index (χ1v) is 8.58. The van der Waals surface area contributed by atoms with Crippen LogP contribution in [0.25, 0.3) is 0 Å². The smallest absolute Gasteiger partial charge is 0.407 e. The van der Waals surface area contributed by atoms with Gasteiger partial charge in [-0.05, 0) is 64.2 Å². The number of amides is 1. The van der Waals surface area contributed by atoms with E-state index in [4.69, 9.17) is 9.84 Å². The van der Waals surface area contributed by atoms with Crippen molar-refractivity contribution in [2.24, 2.45) is 11.3 Å². The Kier molecular flexibility index (Phi) is 5.38. The maximum Gasteiger partial charge on any atom is 0.407 e. The topological polar surface area (TPSA) is 70.6 Å². The molecule has 0 aromatic carbocycles. The van der Waals surface area contributed by atoms with Gasteiger partial charge in [0.2, 0.25) is 0 Å². The number of rotatable bonds is 5. The van der Waals surface area contributed by atoms with Crippen LogP contribution in [0.4, 0.5) is 4.79 Å². The minimum atomic E-state index is -0.433. The molecule has 0 aromatic heterocycles. The van der Waals surface area contributed by atoms with Crippen LogP contribution in [0.1, 0.15) is 59.8 Å². The first-order chi connectivity index (χ1) is 10.2. The van der Waals surface area contributed by atoms with Crippen molar-refractivity contribution in [2.75, 3.05) is 13.2 Å². The van der Waals surface area contributed by atoms with Crippen LogP contribution in [-0.4, -0.2) is 42.0 Å². The van der Waals surface area contributed by atoms with Crippen molar-refractivity contribution in [3.05, 3.63) is 0 Å². The molecule has 5 heteroatoms. The number of hydrogen-bond donors (Lipinski definition) is 3. The maximum atomic E-state index is 11.8. The molecule has 2 fully saturated rings. The van der Waals surface area contributed by atoms with Gasteiger partial charge in [0.05, 0.1) is 0 Å². The highest BCUT2D eigenvalue weighted by atomic mass is 16.6. The number of nitrogens with one attached hydrogen (secondary N) is 2. The van der Waals surface area contributed by atoms with Crippen LogP contribution in [0.15, 0.2) is 0 Å². The van der Waals surface area contributed by atoms with E-state index in [1.165, 1.54) is 12.8 Å². The van der Waals surface area contributed by atoms with E-state index in [1.807, 2.05) is 20.8 Å².